The number of rotatable bonds is 18. The van der Waals surface area contributed by atoms with Gasteiger partial charge >= 0.3 is 6.03 Å². The third-order valence-corrected chi connectivity index (χ3v) is 6.36. The van der Waals surface area contributed by atoms with Gasteiger partial charge in [-0.05, 0) is 73.0 Å². The van der Waals surface area contributed by atoms with Gasteiger partial charge in [0.05, 0.1) is 32.5 Å². The van der Waals surface area contributed by atoms with E-state index in [1.807, 2.05) is 24.3 Å². The molecular weight excluding hydrogens is 524 g/mol. The van der Waals surface area contributed by atoms with E-state index in [1.165, 1.54) is 6.07 Å². The van der Waals surface area contributed by atoms with Crippen molar-refractivity contribution in [2.45, 2.75) is 45.0 Å². The molecule has 0 aliphatic rings. The summed E-state index contributed by atoms with van der Waals surface area (Å²) in [7, 11) is 0. The van der Waals surface area contributed by atoms with Crippen molar-refractivity contribution >= 4 is 23.1 Å². The van der Waals surface area contributed by atoms with Gasteiger partial charge in [-0.3, -0.25) is 0 Å². The molecule has 0 fully saturated rings. The average molecular weight is 567 g/mol. The third kappa shape index (κ3) is 12.2. The summed E-state index contributed by atoms with van der Waals surface area (Å²) in [4.78, 5) is 12.2. The Morgan fingerprint density at radius 2 is 1.59 bits per heavy atom. The number of aliphatic hydroxyl groups excluding tert-OH is 2. The number of carbonyl (C=O) groups excluding carboxylic acids is 1. The quantitative estimate of drug-likeness (QED) is 0.0874. The molecule has 0 radical (unpaired) electrons. The number of aliphatic hydroxyl groups is 2. The van der Waals surface area contributed by atoms with Crippen LogP contribution in [0.4, 0.5) is 21.9 Å². The smallest absolute Gasteiger partial charge is 0.323 e. The van der Waals surface area contributed by atoms with Gasteiger partial charge in [-0.1, -0.05) is 37.1 Å². The third-order valence-electron chi connectivity index (χ3n) is 6.36. The van der Waals surface area contributed by atoms with Crippen LogP contribution in [0.1, 0.15) is 48.5 Å². The fourth-order valence-electron chi connectivity index (χ4n) is 4.16. The van der Waals surface area contributed by atoms with Crippen LogP contribution in [-0.2, 0) is 22.7 Å². The number of benzene rings is 3. The second-order valence-corrected chi connectivity index (χ2v) is 9.75. The number of carbonyl (C=O) groups is 1. The van der Waals surface area contributed by atoms with Gasteiger partial charge in [-0.25, -0.2) is 4.79 Å². The van der Waals surface area contributed by atoms with Crippen LogP contribution in [0.2, 0.25) is 0 Å². The molecule has 0 aliphatic carbocycles. The van der Waals surface area contributed by atoms with E-state index >= 15 is 0 Å². The highest BCUT2D eigenvalue weighted by Gasteiger charge is 2.10. The number of urea groups is 1. The first-order chi connectivity index (χ1) is 19.9. The average Bonchev–Trinajstić information content (AvgIpc) is 2.95. The SMILES string of the molecule is Nc1cccc(NC(=O)Nc2cccc(COCCOCCCCCCNC[C@@H](O)c3ccc(O)c(CO)c3)c2)c1. The van der Waals surface area contributed by atoms with E-state index in [0.717, 1.165) is 37.8 Å². The highest BCUT2D eigenvalue weighted by Crippen LogP contribution is 2.22. The van der Waals surface area contributed by atoms with Crippen molar-refractivity contribution in [3.63, 3.8) is 0 Å². The minimum absolute atomic E-state index is 0.0299. The van der Waals surface area contributed by atoms with E-state index in [1.54, 1.807) is 36.4 Å². The Balaban J connectivity index is 1.16. The fraction of sp³-hybridized carbons (Fsp3) is 0.387. The maximum atomic E-state index is 12.2. The lowest BCUT2D eigenvalue weighted by atomic mass is 10.1. The first-order valence-electron chi connectivity index (χ1n) is 13.9. The summed E-state index contributed by atoms with van der Waals surface area (Å²) in [5.74, 6) is 0.0299. The predicted molar refractivity (Wildman–Crippen MR) is 161 cm³/mol. The summed E-state index contributed by atoms with van der Waals surface area (Å²) in [5.41, 5.74) is 9.64. The molecular formula is C31H42N4O6. The number of amides is 2. The maximum Gasteiger partial charge on any atom is 0.323 e. The van der Waals surface area contributed by atoms with Gasteiger partial charge in [0, 0.05) is 35.8 Å². The first kappa shape index (κ1) is 31.9. The van der Waals surface area contributed by atoms with Gasteiger partial charge in [0.1, 0.15) is 5.75 Å². The van der Waals surface area contributed by atoms with E-state index in [2.05, 4.69) is 16.0 Å². The molecule has 0 bridgehead atoms. The van der Waals surface area contributed by atoms with E-state index < -0.39 is 6.10 Å². The summed E-state index contributed by atoms with van der Waals surface area (Å²) >= 11 is 0. The number of hydrogen-bond acceptors (Lipinski definition) is 8. The van der Waals surface area contributed by atoms with Crippen LogP contribution in [0.5, 0.6) is 5.75 Å². The van der Waals surface area contributed by atoms with Crippen LogP contribution in [0, 0.1) is 0 Å². The minimum Gasteiger partial charge on any atom is -0.508 e. The molecule has 3 aromatic rings. The zero-order valence-electron chi connectivity index (χ0n) is 23.4. The summed E-state index contributed by atoms with van der Waals surface area (Å²) in [5, 5.41) is 38.0. The van der Waals surface area contributed by atoms with E-state index in [9.17, 15) is 20.1 Å². The Labute approximate surface area is 241 Å². The molecule has 10 heteroatoms. The van der Waals surface area contributed by atoms with Crippen LogP contribution in [0.15, 0.2) is 66.7 Å². The van der Waals surface area contributed by atoms with Crippen LogP contribution in [0.25, 0.3) is 0 Å². The van der Waals surface area contributed by atoms with Crippen LogP contribution in [0.3, 0.4) is 0 Å². The molecule has 222 valence electrons. The van der Waals surface area contributed by atoms with Gasteiger partial charge in [-0.2, -0.15) is 0 Å². The number of nitrogens with two attached hydrogens (primary N) is 1. The van der Waals surface area contributed by atoms with Crippen molar-refractivity contribution in [3.8, 4) is 5.75 Å². The monoisotopic (exact) mass is 566 g/mol. The van der Waals surface area contributed by atoms with Gasteiger partial charge < -0.3 is 46.5 Å². The molecule has 10 nitrogen and oxygen atoms in total. The van der Waals surface area contributed by atoms with E-state index in [4.69, 9.17) is 15.2 Å². The highest BCUT2D eigenvalue weighted by molar-refractivity contribution is 6.00. The van der Waals surface area contributed by atoms with Crippen molar-refractivity contribution in [3.05, 3.63) is 83.4 Å². The van der Waals surface area contributed by atoms with Crippen molar-refractivity contribution in [2.24, 2.45) is 0 Å². The Morgan fingerprint density at radius 1 is 0.854 bits per heavy atom. The highest BCUT2D eigenvalue weighted by atomic mass is 16.5. The van der Waals surface area contributed by atoms with Gasteiger partial charge in [0.2, 0.25) is 0 Å². The molecule has 2 amide bonds. The van der Waals surface area contributed by atoms with Crippen LogP contribution < -0.4 is 21.7 Å². The largest absolute Gasteiger partial charge is 0.508 e. The number of ether oxygens (including phenoxy) is 2. The topological polar surface area (TPSA) is 158 Å². The molecule has 0 heterocycles. The molecule has 0 saturated carbocycles. The van der Waals surface area contributed by atoms with Crippen molar-refractivity contribution < 1.29 is 29.6 Å². The lowest BCUT2D eigenvalue weighted by molar-refractivity contribution is 0.0393. The van der Waals surface area contributed by atoms with E-state index in [-0.39, 0.29) is 18.4 Å². The standard InChI is InChI=1S/C31H42N4O6/c32-26-8-6-10-28(19-26)35-31(39)34-27-9-5-7-23(17-27)22-41-16-15-40-14-4-2-1-3-13-33-20-30(38)24-11-12-29(37)25(18-24)21-36/h5-12,17-19,30,33,36-38H,1-4,13-16,20-22,32H2,(H2,34,35,39)/t30-/m1/s1. The lowest BCUT2D eigenvalue weighted by Crippen LogP contribution is -2.22. The minimum atomic E-state index is -0.691. The lowest BCUT2D eigenvalue weighted by Gasteiger charge is -2.14. The van der Waals surface area contributed by atoms with Crippen molar-refractivity contribution in [1.29, 1.82) is 0 Å². The number of unbranched alkanes of at least 4 members (excludes halogenated alkanes) is 3. The van der Waals surface area contributed by atoms with Gasteiger partial charge in [0.25, 0.3) is 0 Å². The predicted octanol–water partition coefficient (Wildman–Crippen LogP) is 4.53. The molecule has 0 saturated heterocycles. The zero-order chi connectivity index (χ0) is 29.3. The number of phenols is 1. The molecule has 0 aliphatic heterocycles. The second kappa shape index (κ2) is 17.9. The summed E-state index contributed by atoms with van der Waals surface area (Å²) < 4.78 is 11.4. The Hall–Kier alpha value is -3.67. The molecule has 8 N–H and O–H groups in total. The van der Waals surface area contributed by atoms with Crippen LogP contribution in [-0.4, -0.2) is 54.3 Å². The number of nitrogen functional groups attached to an aromatic ring is 1. The molecule has 0 spiro atoms. The molecule has 1 atom stereocenters. The molecule has 41 heavy (non-hydrogen) atoms. The summed E-state index contributed by atoms with van der Waals surface area (Å²) in [6.45, 7) is 3.08. The van der Waals surface area contributed by atoms with Gasteiger partial charge in [0.15, 0.2) is 0 Å². The molecule has 3 aromatic carbocycles. The number of aromatic hydroxyl groups is 1. The number of anilines is 3. The Bertz CT molecular complexity index is 1210. The zero-order valence-corrected chi connectivity index (χ0v) is 23.4. The summed E-state index contributed by atoms with van der Waals surface area (Å²) in [6, 6.07) is 18.9. The Kier molecular flexibility index (Phi) is 13.9. The first-order valence-corrected chi connectivity index (χ1v) is 13.9. The van der Waals surface area contributed by atoms with Gasteiger partial charge in [-0.15, -0.1) is 0 Å². The maximum absolute atomic E-state index is 12.2. The normalized spacial score (nSPS) is 11.8. The number of nitrogens with one attached hydrogen (secondary N) is 3. The van der Waals surface area contributed by atoms with E-state index in [0.29, 0.717) is 61.2 Å². The number of hydrogen-bond donors (Lipinski definition) is 7. The van der Waals surface area contributed by atoms with Crippen LogP contribution >= 0.6 is 0 Å². The molecule has 3 rings (SSSR count). The molecule has 0 aromatic heterocycles. The Morgan fingerprint density at radius 3 is 2.37 bits per heavy atom. The second-order valence-electron chi connectivity index (χ2n) is 9.75. The summed E-state index contributed by atoms with van der Waals surface area (Å²) in [6.07, 6.45) is 3.42. The molecule has 0 unspecified atom stereocenters. The fourth-order valence-corrected chi connectivity index (χ4v) is 4.16. The van der Waals surface area contributed by atoms with Crippen molar-refractivity contribution in [2.75, 3.05) is 49.3 Å². The van der Waals surface area contributed by atoms with Crippen molar-refractivity contribution in [1.82, 2.24) is 5.32 Å².